The summed E-state index contributed by atoms with van der Waals surface area (Å²) in [5.74, 6) is 5.48. The van der Waals surface area contributed by atoms with Gasteiger partial charge in [0.2, 0.25) is 5.89 Å². The predicted octanol–water partition coefficient (Wildman–Crippen LogP) is 2.96. The lowest BCUT2D eigenvalue weighted by Crippen LogP contribution is -1.96. The second kappa shape index (κ2) is 7.39. The number of fused-ring (bicyclic) bond motifs is 1. The fraction of sp³-hybridized carbons (Fsp3) is 0.200. The molecule has 1 aromatic heterocycles. The average Bonchev–Trinajstić information content (AvgIpc) is 2.92. The number of hydrogen-bond donors (Lipinski definition) is 1. The summed E-state index contributed by atoms with van der Waals surface area (Å²) in [5, 5.41) is 18.5. The van der Waals surface area contributed by atoms with Crippen molar-refractivity contribution in [1.29, 1.82) is 5.26 Å². The van der Waals surface area contributed by atoms with Gasteiger partial charge in [0.25, 0.3) is 0 Å². The maximum atomic E-state index is 10.0. The quantitative estimate of drug-likeness (QED) is 0.396. The number of aromatic nitrogens is 1. The Morgan fingerprint density at radius 1 is 1.48 bits per heavy atom. The predicted molar refractivity (Wildman–Crippen MR) is 81.3 cm³/mol. The van der Waals surface area contributed by atoms with E-state index in [1.54, 1.807) is 19.2 Å². The Morgan fingerprint density at radius 3 is 3.00 bits per heavy atom. The lowest BCUT2D eigenvalue weighted by molar-refractivity contribution is 0.259. The van der Waals surface area contributed by atoms with Gasteiger partial charge >= 0.3 is 0 Å². The molecule has 21 heavy (non-hydrogen) atoms. The molecule has 0 bridgehead atoms. The largest absolute Gasteiger partial charge is 0.500 e. The lowest BCUT2D eigenvalue weighted by Gasteiger charge is -2.03. The fourth-order valence-corrected chi connectivity index (χ4v) is 2.34. The highest BCUT2D eigenvalue weighted by atomic mass is 32.2. The molecule has 0 fully saturated rings. The van der Waals surface area contributed by atoms with Crippen molar-refractivity contribution in [2.24, 2.45) is 0 Å². The van der Waals surface area contributed by atoms with Crippen LogP contribution < -0.4 is 0 Å². The van der Waals surface area contributed by atoms with Crippen LogP contribution in [0.1, 0.15) is 5.89 Å². The normalized spacial score (nSPS) is 11.4. The highest BCUT2D eigenvalue weighted by Crippen LogP contribution is 2.25. The van der Waals surface area contributed by atoms with Crippen LogP contribution in [-0.2, 0) is 4.74 Å². The summed E-state index contributed by atoms with van der Waals surface area (Å²) in [6, 6.07) is 8.97. The third-order valence-corrected chi connectivity index (χ3v) is 3.42. The second-order valence-corrected chi connectivity index (χ2v) is 4.86. The zero-order valence-electron chi connectivity index (χ0n) is 11.3. The van der Waals surface area contributed by atoms with Crippen LogP contribution in [0.4, 0.5) is 0 Å². The van der Waals surface area contributed by atoms with Gasteiger partial charge in [0, 0.05) is 18.8 Å². The van der Waals surface area contributed by atoms with Gasteiger partial charge in [0.1, 0.15) is 5.52 Å². The Balaban J connectivity index is 2.40. The number of oxazole rings is 1. The molecule has 2 aromatic rings. The first-order valence-electron chi connectivity index (χ1n) is 6.01. The zero-order chi connectivity index (χ0) is 15.1. The van der Waals surface area contributed by atoms with Gasteiger partial charge in [-0.25, -0.2) is 4.98 Å². The number of ether oxygens (including phenoxy) is 1. The van der Waals surface area contributed by atoms with E-state index < -0.39 is 0 Å². The van der Waals surface area contributed by atoms with E-state index in [4.69, 9.17) is 14.4 Å². The van der Waals surface area contributed by atoms with Gasteiger partial charge in [-0.05, 0) is 18.1 Å². The Morgan fingerprint density at radius 2 is 2.29 bits per heavy atom. The van der Waals surface area contributed by atoms with E-state index in [1.807, 2.05) is 18.2 Å². The Kier molecular flexibility index (Phi) is 5.28. The molecule has 5 nitrogen and oxygen atoms in total. The summed E-state index contributed by atoms with van der Waals surface area (Å²) in [6.45, 7) is 0. The van der Waals surface area contributed by atoms with Crippen molar-refractivity contribution < 1.29 is 14.3 Å². The van der Waals surface area contributed by atoms with Crippen LogP contribution in [0, 0.1) is 23.2 Å². The van der Waals surface area contributed by atoms with Crippen LogP contribution in [0.25, 0.3) is 16.7 Å². The molecular weight excluding hydrogens is 288 g/mol. The number of rotatable bonds is 5. The summed E-state index contributed by atoms with van der Waals surface area (Å²) >= 11 is 1.44. The van der Waals surface area contributed by atoms with Gasteiger partial charge in [0.05, 0.1) is 11.5 Å². The van der Waals surface area contributed by atoms with Crippen molar-refractivity contribution in [3.8, 4) is 17.9 Å². The van der Waals surface area contributed by atoms with Crippen molar-refractivity contribution in [3.63, 3.8) is 0 Å². The Labute approximate surface area is 126 Å². The number of aliphatic hydroxyl groups excluding tert-OH is 1. The van der Waals surface area contributed by atoms with Crippen LogP contribution in [-0.4, -0.2) is 28.9 Å². The van der Waals surface area contributed by atoms with Crippen molar-refractivity contribution in [1.82, 2.24) is 4.98 Å². The first-order chi connectivity index (χ1) is 10.3. The summed E-state index contributed by atoms with van der Waals surface area (Å²) in [6.07, 6.45) is 0. The molecule has 1 heterocycles. The Bertz CT molecular complexity index is 729. The van der Waals surface area contributed by atoms with Crippen LogP contribution in [0.15, 0.2) is 34.4 Å². The molecule has 0 aliphatic carbocycles. The monoisotopic (exact) mass is 300 g/mol. The van der Waals surface area contributed by atoms with Crippen LogP contribution >= 0.6 is 11.8 Å². The molecule has 0 aliphatic rings. The molecule has 0 saturated heterocycles. The van der Waals surface area contributed by atoms with Gasteiger partial charge in [-0.2, -0.15) is 5.26 Å². The van der Waals surface area contributed by atoms with E-state index in [-0.39, 0.29) is 5.76 Å². The smallest absolute Gasteiger partial charge is 0.228 e. The summed E-state index contributed by atoms with van der Waals surface area (Å²) < 4.78 is 10.6. The topological polar surface area (TPSA) is 79.3 Å². The first-order valence-corrected chi connectivity index (χ1v) is 7.16. The molecule has 1 aromatic carbocycles. The molecule has 0 saturated carbocycles. The summed E-state index contributed by atoms with van der Waals surface area (Å²) in [4.78, 5) is 4.33. The maximum Gasteiger partial charge on any atom is 0.228 e. The van der Waals surface area contributed by atoms with Crippen LogP contribution in [0.2, 0.25) is 0 Å². The number of aliphatic hydroxyl groups is 1. The van der Waals surface area contributed by atoms with Crippen LogP contribution in [0.3, 0.4) is 0 Å². The van der Waals surface area contributed by atoms with Crippen molar-refractivity contribution in [2.45, 2.75) is 0 Å². The molecular formula is C15H12N2O3S. The minimum Gasteiger partial charge on any atom is -0.500 e. The molecule has 0 spiro atoms. The average molecular weight is 300 g/mol. The number of nitrogens with zero attached hydrogens (tertiary/aromatic N) is 2. The maximum absolute atomic E-state index is 10.0. The van der Waals surface area contributed by atoms with E-state index in [0.29, 0.717) is 34.3 Å². The minimum atomic E-state index is -0.216. The number of para-hydroxylation sites is 2. The number of nitriles is 1. The molecule has 106 valence electrons. The zero-order valence-corrected chi connectivity index (χ0v) is 12.1. The second-order valence-electron chi connectivity index (χ2n) is 3.93. The number of methoxy groups -OCH3 is 1. The van der Waals surface area contributed by atoms with Crippen molar-refractivity contribution >= 4 is 28.4 Å². The third kappa shape index (κ3) is 3.79. The molecule has 0 aliphatic heterocycles. The molecule has 6 heteroatoms. The van der Waals surface area contributed by atoms with E-state index >= 15 is 0 Å². The highest BCUT2D eigenvalue weighted by Gasteiger charge is 2.15. The Hall–Kier alpha value is -2.41. The summed E-state index contributed by atoms with van der Waals surface area (Å²) in [7, 11) is 1.59. The van der Waals surface area contributed by atoms with Gasteiger partial charge in [0.15, 0.2) is 17.4 Å². The van der Waals surface area contributed by atoms with Crippen LogP contribution in [0.5, 0.6) is 0 Å². The first kappa shape index (κ1) is 15.0. The SMILES string of the molecule is COCSC/C(=C(\O)C#CC#N)c1nc2ccccc2o1. The lowest BCUT2D eigenvalue weighted by atomic mass is 10.2. The van der Waals surface area contributed by atoms with Crippen molar-refractivity contribution in [3.05, 3.63) is 35.9 Å². The number of benzene rings is 1. The van der Waals surface area contributed by atoms with Gasteiger partial charge in [-0.15, -0.1) is 11.8 Å². The fourth-order valence-electron chi connectivity index (χ4n) is 1.62. The molecule has 0 atom stereocenters. The van der Waals surface area contributed by atoms with Gasteiger partial charge in [-0.1, -0.05) is 12.1 Å². The minimum absolute atomic E-state index is 0.216. The molecule has 1 N–H and O–H groups in total. The van der Waals surface area contributed by atoms with Gasteiger partial charge in [-0.3, -0.25) is 0 Å². The van der Waals surface area contributed by atoms with E-state index in [2.05, 4.69) is 16.8 Å². The third-order valence-electron chi connectivity index (χ3n) is 2.52. The highest BCUT2D eigenvalue weighted by molar-refractivity contribution is 7.99. The molecule has 0 radical (unpaired) electrons. The number of thioether (sulfide) groups is 1. The molecule has 0 amide bonds. The van der Waals surface area contributed by atoms with E-state index in [9.17, 15) is 5.11 Å². The van der Waals surface area contributed by atoms with E-state index in [1.165, 1.54) is 11.8 Å². The molecule has 2 rings (SSSR count). The van der Waals surface area contributed by atoms with Crippen molar-refractivity contribution in [2.75, 3.05) is 18.8 Å². The number of hydrogen-bond acceptors (Lipinski definition) is 6. The van der Waals surface area contributed by atoms with E-state index in [0.717, 1.165) is 0 Å². The van der Waals surface area contributed by atoms with Gasteiger partial charge < -0.3 is 14.3 Å². The molecule has 0 unspecified atom stereocenters. The number of allylic oxidation sites excluding steroid dienone is 1. The standard InChI is InChI=1S/C15H12N2O3S/c1-19-10-21-9-11(13(18)6-4-8-16)15-17-12-5-2-3-7-14(12)20-15/h2-3,5,7,18H,9-10H2,1H3/b13-11+. The summed E-state index contributed by atoms with van der Waals surface area (Å²) in [5.41, 5.74) is 1.77.